The Morgan fingerprint density at radius 2 is 1.55 bits per heavy atom. The van der Waals surface area contributed by atoms with Crippen LogP contribution in [0.3, 0.4) is 0 Å². The number of fused-ring (bicyclic) bond motifs is 1. The molecule has 1 N–H and O–H groups in total. The molecule has 0 atom stereocenters. The number of aryl methyl sites for hydroxylation is 2. The predicted octanol–water partition coefficient (Wildman–Crippen LogP) is 4.97. The van der Waals surface area contributed by atoms with Gasteiger partial charge in [-0.25, -0.2) is 4.98 Å². The molecular formula is C25H22N6. The highest BCUT2D eigenvalue weighted by Crippen LogP contribution is 2.33. The van der Waals surface area contributed by atoms with Crippen LogP contribution in [0, 0.1) is 0 Å². The van der Waals surface area contributed by atoms with Crippen LogP contribution in [0.2, 0.25) is 0 Å². The molecule has 0 aliphatic carbocycles. The van der Waals surface area contributed by atoms with E-state index >= 15 is 0 Å². The first-order valence-electron chi connectivity index (χ1n) is 10.3. The standard InChI is InChI=1S/C25H22N6/c1-31(25-27-29-30-28-25)24-17-21(20-10-6-3-7-11-20)22-16-19(14-15-23(22)26-24)13-12-18-8-4-2-5-9-18/h2-11,14-17H,12-13H2,1H3,(H,27,28,29,30). The number of aromatic nitrogens is 5. The maximum atomic E-state index is 4.88. The Morgan fingerprint density at radius 3 is 2.29 bits per heavy atom. The lowest BCUT2D eigenvalue weighted by Gasteiger charge is -2.17. The first kappa shape index (κ1) is 18.9. The molecule has 0 aliphatic rings. The predicted molar refractivity (Wildman–Crippen MR) is 123 cm³/mol. The molecule has 5 aromatic rings. The minimum absolute atomic E-state index is 0.477. The second-order valence-corrected chi connectivity index (χ2v) is 7.50. The summed E-state index contributed by atoms with van der Waals surface area (Å²) in [7, 11) is 1.89. The SMILES string of the molecule is CN(c1cc(-c2ccccc2)c2cc(CCc3ccccc3)ccc2n1)c1nn[nH]n1. The molecule has 6 nitrogen and oxygen atoms in total. The highest BCUT2D eigenvalue weighted by molar-refractivity contribution is 5.96. The molecule has 0 bridgehead atoms. The third-order valence-corrected chi connectivity index (χ3v) is 5.47. The van der Waals surface area contributed by atoms with Gasteiger partial charge >= 0.3 is 0 Å². The topological polar surface area (TPSA) is 70.6 Å². The summed E-state index contributed by atoms with van der Waals surface area (Å²) >= 11 is 0. The zero-order valence-electron chi connectivity index (χ0n) is 17.2. The monoisotopic (exact) mass is 406 g/mol. The number of aromatic amines is 1. The summed E-state index contributed by atoms with van der Waals surface area (Å²) < 4.78 is 0. The molecule has 5 rings (SSSR count). The Bertz CT molecular complexity index is 1280. The largest absolute Gasteiger partial charge is 0.295 e. The molecule has 0 aliphatic heterocycles. The third kappa shape index (κ3) is 4.00. The van der Waals surface area contributed by atoms with Crippen molar-refractivity contribution < 1.29 is 0 Å². The summed E-state index contributed by atoms with van der Waals surface area (Å²) in [5.74, 6) is 1.25. The molecule has 0 saturated carbocycles. The van der Waals surface area contributed by atoms with E-state index in [1.807, 2.05) is 18.0 Å². The number of benzene rings is 3. The van der Waals surface area contributed by atoms with Gasteiger partial charge in [-0.3, -0.25) is 4.90 Å². The molecular weight excluding hydrogens is 384 g/mol. The normalized spacial score (nSPS) is 11.0. The maximum absolute atomic E-state index is 4.88. The van der Waals surface area contributed by atoms with Crippen molar-refractivity contribution in [2.24, 2.45) is 0 Å². The summed E-state index contributed by atoms with van der Waals surface area (Å²) in [5, 5.41) is 15.5. The molecule has 3 aromatic carbocycles. The van der Waals surface area contributed by atoms with Crippen molar-refractivity contribution in [3.63, 3.8) is 0 Å². The molecule has 0 fully saturated rings. The average molecular weight is 406 g/mol. The van der Waals surface area contributed by atoms with Crippen molar-refractivity contribution in [3.05, 3.63) is 96.1 Å². The summed E-state index contributed by atoms with van der Waals surface area (Å²) in [6.07, 6.45) is 2.00. The molecule has 0 spiro atoms. The Balaban J connectivity index is 1.57. The van der Waals surface area contributed by atoms with Crippen molar-refractivity contribution >= 4 is 22.7 Å². The van der Waals surface area contributed by atoms with Crippen LogP contribution in [0.5, 0.6) is 0 Å². The van der Waals surface area contributed by atoms with Crippen molar-refractivity contribution in [1.29, 1.82) is 0 Å². The number of H-pyrrole nitrogens is 1. The zero-order valence-corrected chi connectivity index (χ0v) is 17.2. The van der Waals surface area contributed by atoms with Gasteiger partial charge < -0.3 is 0 Å². The Kier molecular flexibility index (Phi) is 5.10. The number of hydrogen-bond acceptors (Lipinski definition) is 5. The van der Waals surface area contributed by atoms with Crippen LogP contribution in [0.1, 0.15) is 11.1 Å². The van der Waals surface area contributed by atoms with Gasteiger partial charge in [0, 0.05) is 12.4 Å². The van der Waals surface area contributed by atoms with Crippen molar-refractivity contribution in [3.8, 4) is 11.1 Å². The number of nitrogens with zero attached hydrogens (tertiary/aromatic N) is 5. The molecule has 6 heteroatoms. The quantitative estimate of drug-likeness (QED) is 0.431. The Morgan fingerprint density at radius 1 is 0.806 bits per heavy atom. The number of anilines is 2. The fourth-order valence-electron chi connectivity index (χ4n) is 3.78. The van der Waals surface area contributed by atoms with Gasteiger partial charge in [-0.15, -0.1) is 5.10 Å². The van der Waals surface area contributed by atoms with E-state index in [1.54, 1.807) is 0 Å². The fraction of sp³-hybridized carbons (Fsp3) is 0.120. The van der Waals surface area contributed by atoms with Crippen LogP contribution >= 0.6 is 0 Å². The van der Waals surface area contributed by atoms with E-state index in [1.165, 1.54) is 11.1 Å². The van der Waals surface area contributed by atoms with E-state index in [4.69, 9.17) is 4.98 Å². The summed E-state index contributed by atoms with van der Waals surface area (Å²) in [4.78, 5) is 6.71. The van der Waals surface area contributed by atoms with E-state index in [0.29, 0.717) is 5.95 Å². The van der Waals surface area contributed by atoms with Crippen LogP contribution in [0.4, 0.5) is 11.8 Å². The van der Waals surface area contributed by atoms with Crippen LogP contribution in [-0.4, -0.2) is 32.7 Å². The number of hydrogen-bond donors (Lipinski definition) is 1. The van der Waals surface area contributed by atoms with Crippen LogP contribution < -0.4 is 4.90 Å². The minimum Gasteiger partial charge on any atom is -0.295 e. The third-order valence-electron chi connectivity index (χ3n) is 5.47. The molecule has 31 heavy (non-hydrogen) atoms. The minimum atomic E-state index is 0.477. The molecule has 152 valence electrons. The highest BCUT2D eigenvalue weighted by atomic mass is 15.5. The highest BCUT2D eigenvalue weighted by Gasteiger charge is 2.15. The van der Waals surface area contributed by atoms with Crippen LogP contribution in [-0.2, 0) is 12.8 Å². The van der Waals surface area contributed by atoms with Crippen molar-refractivity contribution in [1.82, 2.24) is 25.6 Å². The van der Waals surface area contributed by atoms with Crippen molar-refractivity contribution in [2.75, 3.05) is 11.9 Å². The molecule has 0 radical (unpaired) electrons. The summed E-state index contributed by atoms with van der Waals surface area (Å²) in [6, 6.07) is 29.6. The zero-order chi connectivity index (χ0) is 21.0. The fourth-order valence-corrected chi connectivity index (χ4v) is 3.78. The smallest absolute Gasteiger partial charge is 0.271 e. The number of pyridine rings is 1. The van der Waals surface area contributed by atoms with E-state index in [0.717, 1.165) is 40.7 Å². The summed E-state index contributed by atoms with van der Waals surface area (Å²) in [6.45, 7) is 0. The molecule has 2 aromatic heterocycles. The second kappa shape index (κ2) is 8.36. The van der Waals surface area contributed by atoms with E-state index in [-0.39, 0.29) is 0 Å². The lowest BCUT2D eigenvalue weighted by atomic mass is 9.97. The average Bonchev–Trinajstić information content (AvgIpc) is 3.38. The van der Waals surface area contributed by atoms with Gasteiger partial charge in [0.25, 0.3) is 5.95 Å². The van der Waals surface area contributed by atoms with Gasteiger partial charge in [0.15, 0.2) is 0 Å². The maximum Gasteiger partial charge on any atom is 0.271 e. The Hall–Kier alpha value is -4.06. The first-order chi connectivity index (χ1) is 15.3. The molecule has 2 heterocycles. The second-order valence-electron chi connectivity index (χ2n) is 7.50. The van der Waals surface area contributed by atoms with Gasteiger partial charge in [0.05, 0.1) is 5.52 Å². The molecule has 0 amide bonds. The Labute approximate surface area is 180 Å². The lowest BCUT2D eigenvalue weighted by Crippen LogP contribution is -2.13. The van der Waals surface area contributed by atoms with Gasteiger partial charge in [-0.05, 0) is 58.5 Å². The van der Waals surface area contributed by atoms with E-state index in [9.17, 15) is 0 Å². The van der Waals surface area contributed by atoms with Gasteiger partial charge in [0.1, 0.15) is 5.82 Å². The van der Waals surface area contributed by atoms with E-state index < -0.39 is 0 Å². The van der Waals surface area contributed by atoms with Gasteiger partial charge in [-0.1, -0.05) is 71.8 Å². The summed E-state index contributed by atoms with van der Waals surface area (Å²) in [5.41, 5.74) is 5.88. The number of tetrazole rings is 1. The molecule has 0 saturated heterocycles. The van der Waals surface area contributed by atoms with Crippen molar-refractivity contribution in [2.45, 2.75) is 12.8 Å². The first-order valence-corrected chi connectivity index (χ1v) is 10.3. The van der Waals surface area contributed by atoms with Gasteiger partial charge in [-0.2, -0.15) is 5.21 Å². The van der Waals surface area contributed by atoms with Crippen LogP contribution in [0.25, 0.3) is 22.0 Å². The van der Waals surface area contributed by atoms with Gasteiger partial charge in [0.2, 0.25) is 0 Å². The van der Waals surface area contributed by atoms with Crippen LogP contribution in [0.15, 0.2) is 84.9 Å². The lowest BCUT2D eigenvalue weighted by molar-refractivity contribution is 0.881. The number of nitrogens with one attached hydrogen (secondary N) is 1. The number of rotatable bonds is 6. The van der Waals surface area contributed by atoms with E-state index in [2.05, 4.69) is 99.5 Å². The molecule has 0 unspecified atom stereocenters.